The summed E-state index contributed by atoms with van der Waals surface area (Å²) >= 11 is 0. The van der Waals surface area contributed by atoms with Crippen LogP contribution < -0.4 is 40.0 Å². The third kappa shape index (κ3) is 7.12. The molecule has 2 aliphatic rings. The minimum Gasteiger partial charge on any atom is -0.545 e. The number of carbonyl (C=O) groups excluding carboxylic acids is 1. The molecular formula is C23H26N3NaO3. The second kappa shape index (κ2) is 11.5. The fraction of sp³-hybridized carbons (Fsp3) is 0.391. The second-order valence-corrected chi connectivity index (χ2v) is 7.49. The molecule has 2 aromatic carbocycles. The summed E-state index contributed by atoms with van der Waals surface area (Å²) in [5, 5.41) is 21.9. The van der Waals surface area contributed by atoms with Crippen molar-refractivity contribution in [3.63, 3.8) is 0 Å². The van der Waals surface area contributed by atoms with E-state index in [9.17, 15) is 9.90 Å². The fourth-order valence-corrected chi connectivity index (χ4v) is 3.38. The maximum atomic E-state index is 10.3. The number of aromatic carboxylic acids is 1. The summed E-state index contributed by atoms with van der Waals surface area (Å²) in [6.45, 7) is 4.42. The van der Waals surface area contributed by atoms with E-state index in [0.29, 0.717) is 0 Å². The van der Waals surface area contributed by atoms with Crippen LogP contribution in [0.25, 0.3) is 0 Å². The first-order chi connectivity index (χ1) is 14.0. The van der Waals surface area contributed by atoms with Crippen LogP contribution in [0.1, 0.15) is 34.3 Å². The molecule has 2 fully saturated rings. The minimum absolute atomic E-state index is 0. The zero-order valence-electron chi connectivity index (χ0n) is 17.7. The molecule has 0 aromatic heterocycles. The Labute approximate surface area is 200 Å². The van der Waals surface area contributed by atoms with Crippen LogP contribution in [0.2, 0.25) is 0 Å². The van der Waals surface area contributed by atoms with Crippen molar-refractivity contribution in [3.8, 4) is 6.07 Å². The molecule has 6 nitrogen and oxygen atoms in total. The Balaban J connectivity index is 0.000000232. The predicted octanol–water partition coefficient (Wildman–Crippen LogP) is -0.939. The number of nitrogens with one attached hydrogen (secondary N) is 1. The number of piperidine rings is 1. The molecule has 4 rings (SSSR count). The van der Waals surface area contributed by atoms with Gasteiger partial charge in [-0.1, -0.05) is 24.3 Å². The van der Waals surface area contributed by atoms with Crippen LogP contribution in [-0.4, -0.2) is 49.8 Å². The molecule has 152 valence electrons. The molecular weight excluding hydrogens is 389 g/mol. The Bertz CT molecular complexity index is 849. The number of hydrogen-bond donors (Lipinski definition) is 1. The zero-order valence-corrected chi connectivity index (χ0v) is 19.7. The number of anilines is 1. The van der Waals surface area contributed by atoms with Crippen molar-refractivity contribution in [1.29, 1.82) is 5.26 Å². The number of likely N-dealkylation sites (tertiary alicyclic amines) is 1. The Morgan fingerprint density at radius 3 is 2.23 bits per heavy atom. The Morgan fingerprint density at radius 1 is 1.17 bits per heavy atom. The summed E-state index contributed by atoms with van der Waals surface area (Å²) in [6, 6.07) is 16.5. The number of nitrogens with zero attached hydrogens (tertiary/aromatic N) is 2. The van der Waals surface area contributed by atoms with E-state index in [-0.39, 0.29) is 40.7 Å². The molecule has 1 spiro atoms. The number of benzene rings is 2. The van der Waals surface area contributed by atoms with Crippen molar-refractivity contribution in [2.24, 2.45) is 0 Å². The van der Waals surface area contributed by atoms with Crippen molar-refractivity contribution in [1.82, 2.24) is 4.90 Å². The molecule has 2 saturated heterocycles. The average Bonchev–Trinajstić information content (AvgIpc) is 3.53. The van der Waals surface area contributed by atoms with Gasteiger partial charge in [0.15, 0.2) is 0 Å². The van der Waals surface area contributed by atoms with Crippen molar-refractivity contribution in [2.45, 2.75) is 24.9 Å². The van der Waals surface area contributed by atoms with Gasteiger partial charge < -0.3 is 24.9 Å². The zero-order chi connectivity index (χ0) is 20.7. The number of carboxylic acid groups (broad SMARTS) is 1. The summed E-state index contributed by atoms with van der Waals surface area (Å²) in [6.07, 6.45) is 3.46. The SMILES string of the molecule is CNc1ccc(C(=O)[O-])cc1.N#Cc1ccc(CCN2CCC3(CC2)CO3)cc1.[Na+]. The normalized spacial score (nSPS) is 16.4. The number of rotatable bonds is 5. The molecule has 2 heterocycles. The van der Waals surface area contributed by atoms with Gasteiger partial charge in [-0.2, -0.15) is 5.26 Å². The van der Waals surface area contributed by atoms with Crippen molar-refractivity contribution in [2.75, 3.05) is 38.6 Å². The number of ether oxygens (including phenoxy) is 1. The van der Waals surface area contributed by atoms with Crippen LogP contribution in [0.15, 0.2) is 48.5 Å². The third-order valence-electron chi connectivity index (χ3n) is 5.53. The first-order valence-corrected chi connectivity index (χ1v) is 9.88. The van der Waals surface area contributed by atoms with E-state index < -0.39 is 5.97 Å². The van der Waals surface area contributed by atoms with Gasteiger partial charge >= 0.3 is 29.6 Å². The number of carboxylic acids is 1. The molecule has 2 aliphatic heterocycles. The van der Waals surface area contributed by atoms with Gasteiger partial charge in [0.1, 0.15) is 0 Å². The van der Waals surface area contributed by atoms with Gasteiger partial charge in [-0.3, -0.25) is 0 Å². The summed E-state index contributed by atoms with van der Waals surface area (Å²) in [5.74, 6) is -1.15. The van der Waals surface area contributed by atoms with Gasteiger partial charge in [-0.25, -0.2) is 0 Å². The molecule has 0 aliphatic carbocycles. The number of epoxide rings is 1. The topological polar surface area (TPSA) is 91.7 Å². The largest absolute Gasteiger partial charge is 1.00 e. The maximum Gasteiger partial charge on any atom is 1.00 e. The van der Waals surface area contributed by atoms with E-state index in [1.54, 1.807) is 19.2 Å². The van der Waals surface area contributed by atoms with E-state index in [0.717, 1.165) is 43.9 Å². The van der Waals surface area contributed by atoms with E-state index in [4.69, 9.17) is 10.00 Å². The van der Waals surface area contributed by atoms with Gasteiger partial charge in [0, 0.05) is 32.4 Å². The predicted molar refractivity (Wildman–Crippen MR) is 110 cm³/mol. The van der Waals surface area contributed by atoms with Crippen molar-refractivity contribution in [3.05, 3.63) is 65.2 Å². The van der Waals surface area contributed by atoms with E-state index in [1.807, 2.05) is 12.1 Å². The van der Waals surface area contributed by atoms with Gasteiger partial charge in [0.2, 0.25) is 0 Å². The molecule has 0 radical (unpaired) electrons. The molecule has 2 aromatic rings. The van der Waals surface area contributed by atoms with Gasteiger partial charge in [0.05, 0.1) is 29.8 Å². The van der Waals surface area contributed by atoms with Gasteiger partial charge in [-0.05, 0) is 54.7 Å². The smallest absolute Gasteiger partial charge is 0.545 e. The molecule has 0 atom stereocenters. The van der Waals surface area contributed by atoms with Crippen LogP contribution in [0, 0.1) is 11.3 Å². The quantitative estimate of drug-likeness (QED) is 0.501. The number of hydrogen-bond acceptors (Lipinski definition) is 6. The molecule has 0 unspecified atom stereocenters. The summed E-state index contributed by atoms with van der Waals surface area (Å²) in [5.41, 5.74) is 3.42. The molecule has 0 bridgehead atoms. The number of carbonyl (C=O) groups is 1. The molecule has 30 heavy (non-hydrogen) atoms. The standard InChI is InChI=1S/C15H18N2O.C8H9NO2.Na/c16-11-14-3-1-13(2-4-14)5-8-17-9-6-15(7-10-17)12-18-15;1-9-7-4-2-6(3-5-7)8(10)11;/h1-4H,5-10,12H2;2-5,9H,1H3,(H,10,11);/q;;+1/p-1. The van der Waals surface area contributed by atoms with E-state index >= 15 is 0 Å². The Morgan fingerprint density at radius 2 is 1.77 bits per heavy atom. The molecule has 0 saturated carbocycles. The summed E-state index contributed by atoms with van der Waals surface area (Å²) in [7, 11) is 1.77. The maximum absolute atomic E-state index is 10.3. The van der Waals surface area contributed by atoms with Crippen LogP contribution in [0.4, 0.5) is 5.69 Å². The van der Waals surface area contributed by atoms with Crippen molar-refractivity contribution < 1.29 is 44.2 Å². The van der Waals surface area contributed by atoms with Crippen LogP contribution >= 0.6 is 0 Å². The molecule has 0 amide bonds. The van der Waals surface area contributed by atoms with Crippen LogP contribution in [-0.2, 0) is 11.2 Å². The van der Waals surface area contributed by atoms with E-state index in [1.165, 1.54) is 30.5 Å². The van der Waals surface area contributed by atoms with Gasteiger partial charge in [-0.15, -0.1) is 0 Å². The van der Waals surface area contributed by atoms with E-state index in [2.05, 4.69) is 28.4 Å². The van der Waals surface area contributed by atoms with Crippen LogP contribution in [0.3, 0.4) is 0 Å². The Hall–Kier alpha value is -1.88. The third-order valence-corrected chi connectivity index (χ3v) is 5.53. The monoisotopic (exact) mass is 415 g/mol. The second-order valence-electron chi connectivity index (χ2n) is 7.49. The van der Waals surface area contributed by atoms with Gasteiger partial charge in [0.25, 0.3) is 0 Å². The fourth-order valence-electron chi connectivity index (χ4n) is 3.38. The van der Waals surface area contributed by atoms with Crippen LogP contribution in [0.5, 0.6) is 0 Å². The number of nitriles is 1. The first kappa shape index (κ1) is 24.4. The minimum atomic E-state index is -1.15. The summed E-state index contributed by atoms with van der Waals surface area (Å²) < 4.78 is 5.52. The summed E-state index contributed by atoms with van der Waals surface area (Å²) in [4.78, 5) is 12.8. The molecule has 7 heteroatoms. The average molecular weight is 415 g/mol. The van der Waals surface area contributed by atoms with Crippen molar-refractivity contribution >= 4 is 11.7 Å². The molecule has 1 N–H and O–H groups in total. The first-order valence-electron chi connectivity index (χ1n) is 9.88. The Kier molecular flexibility index (Phi) is 9.35.